The van der Waals surface area contributed by atoms with E-state index in [0.717, 1.165) is 46.5 Å². The molecule has 0 aliphatic carbocycles. The molecule has 5 rings (SSSR count). The number of anilines is 1. The van der Waals surface area contributed by atoms with Crippen molar-refractivity contribution in [3.8, 4) is 0 Å². The smallest absolute Gasteiger partial charge is 0.301 e. The number of aliphatic hydroxyl groups is 1. The number of rotatable bonds is 7. The van der Waals surface area contributed by atoms with Crippen molar-refractivity contribution < 1.29 is 28.0 Å². The summed E-state index contributed by atoms with van der Waals surface area (Å²) in [5.74, 6) is -2.02. The van der Waals surface area contributed by atoms with E-state index in [4.69, 9.17) is 0 Å². The van der Waals surface area contributed by atoms with Gasteiger partial charge in [-0.25, -0.2) is 13.4 Å². The predicted molar refractivity (Wildman–Crippen MR) is 157 cm³/mol. The number of aliphatic hydroxyl groups excluding tert-OH is 1. The van der Waals surface area contributed by atoms with Gasteiger partial charge in [-0.2, -0.15) is 0 Å². The molecule has 0 radical (unpaired) electrons. The molecule has 1 saturated heterocycles. The van der Waals surface area contributed by atoms with E-state index in [9.17, 15) is 33.2 Å². The molecule has 0 saturated carbocycles. The number of hydrogen-bond acceptors (Lipinski definition) is 9. The number of sulfone groups is 1. The van der Waals surface area contributed by atoms with Crippen molar-refractivity contribution in [3.05, 3.63) is 117 Å². The van der Waals surface area contributed by atoms with Gasteiger partial charge in [-0.3, -0.25) is 24.6 Å². The molecule has 0 bridgehead atoms. The summed E-state index contributed by atoms with van der Waals surface area (Å²) in [6, 6.07) is 17.5. The zero-order valence-electron chi connectivity index (χ0n) is 22.7. The Hall–Kier alpha value is -4.68. The number of Topliss-reactive ketones (excluding diaryl/α,β-unsaturated/α-hetero) is 1. The number of carbonyl (C=O) groups excluding carboxylic acids is 2. The van der Waals surface area contributed by atoms with Crippen molar-refractivity contribution >= 4 is 49.4 Å². The molecule has 1 fully saturated rings. The van der Waals surface area contributed by atoms with E-state index < -0.39 is 32.5 Å². The molecule has 0 unspecified atom stereocenters. The van der Waals surface area contributed by atoms with Crippen molar-refractivity contribution in [2.45, 2.75) is 41.8 Å². The van der Waals surface area contributed by atoms with Gasteiger partial charge < -0.3 is 5.11 Å². The van der Waals surface area contributed by atoms with Crippen LogP contribution in [0.3, 0.4) is 0 Å². The number of nitrogens with zero attached hydrogens (tertiary/aromatic N) is 3. The molecule has 1 atom stereocenters. The lowest BCUT2D eigenvalue weighted by Gasteiger charge is -2.23. The first kappa shape index (κ1) is 28.8. The molecular weight excluding hydrogens is 578 g/mol. The number of nitro groups is 1. The van der Waals surface area contributed by atoms with Gasteiger partial charge in [0.25, 0.3) is 11.5 Å². The summed E-state index contributed by atoms with van der Waals surface area (Å²) in [6.07, 6.45) is 1.08. The van der Waals surface area contributed by atoms with Crippen molar-refractivity contribution in [2.75, 3.05) is 4.90 Å². The number of amides is 1. The standard InChI is InChI=1S/C30H25N3O7S2/c1-17(2)19-8-10-20(11-9-19)26-25(27(34)21-6-4-18(3)5-7-21)28(35)29(36)32(26)30-31-16-24(41-30)42(39,40)23-14-12-22(13-15-23)33(37)38/h4-17,26,34H,1-3H3/b27-25+/t26-/m0/s1. The topological polar surface area (TPSA) is 148 Å². The van der Waals surface area contributed by atoms with Crippen LogP contribution in [-0.4, -0.2) is 35.1 Å². The minimum atomic E-state index is -4.15. The lowest BCUT2D eigenvalue weighted by molar-refractivity contribution is -0.384. The molecule has 1 aliphatic heterocycles. The Kier molecular flexibility index (Phi) is 7.52. The van der Waals surface area contributed by atoms with Crippen molar-refractivity contribution in [3.63, 3.8) is 0 Å². The first-order valence-electron chi connectivity index (χ1n) is 12.8. The second kappa shape index (κ2) is 11.0. The summed E-state index contributed by atoms with van der Waals surface area (Å²) >= 11 is 0.682. The summed E-state index contributed by atoms with van der Waals surface area (Å²) in [5, 5.41) is 22.2. The number of thiazole rings is 1. The van der Waals surface area contributed by atoms with Crippen LogP contribution in [0.2, 0.25) is 0 Å². The third-order valence-corrected chi connectivity index (χ3v) is 10.2. The normalized spacial score (nSPS) is 16.8. The maximum Gasteiger partial charge on any atom is 0.301 e. The number of non-ortho nitro benzene ring substituents is 1. The Morgan fingerprint density at radius 3 is 2.19 bits per heavy atom. The van der Waals surface area contributed by atoms with Crippen molar-refractivity contribution in [2.24, 2.45) is 0 Å². The van der Waals surface area contributed by atoms with E-state index in [0.29, 0.717) is 22.5 Å². The van der Waals surface area contributed by atoms with Gasteiger partial charge in [0.1, 0.15) is 9.97 Å². The maximum absolute atomic E-state index is 13.5. The van der Waals surface area contributed by atoms with Gasteiger partial charge in [0.05, 0.1) is 27.6 Å². The fourth-order valence-corrected chi connectivity index (χ4v) is 7.17. The zero-order valence-corrected chi connectivity index (χ0v) is 24.3. The van der Waals surface area contributed by atoms with Gasteiger partial charge in [0, 0.05) is 17.7 Å². The van der Waals surface area contributed by atoms with Crippen LogP contribution >= 0.6 is 11.3 Å². The summed E-state index contributed by atoms with van der Waals surface area (Å²) in [4.78, 5) is 42.4. The molecular formula is C30H25N3O7S2. The highest BCUT2D eigenvalue weighted by Gasteiger charge is 2.48. The Bertz CT molecular complexity index is 1840. The molecule has 4 aromatic rings. The lowest BCUT2D eigenvalue weighted by Crippen LogP contribution is -2.29. The van der Waals surface area contributed by atoms with Gasteiger partial charge in [-0.05, 0) is 36.1 Å². The molecule has 0 spiro atoms. The van der Waals surface area contributed by atoms with Crippen molar-refractivity contribution in [1.82, 2.24) is 4.98 Å². The van der Waals surface area contributed by atoms with Crippen LogP contribution in [0.25, 0.3) is 5.76 Å². The predicted octanol–water partition coefficient (Wildman–Crippen LogP) is 5.94. The third kappa shape index (κ3) is 5.10. The van der Waals surface area contributed by atoms with Crippen LogP contribution in [0.4, 0.5) is 10.8 Å². The molecule has 1 aliphatic rings. The molecule has 214 valence electrons. The highest BCUT2D eigenvalue weighted by atomic mass is 32.2. The highest BCUT2D eigenvalue weighted by Crippen LogP contribution is 2.44. The van der Waals surface area contributed by atoms with Gasteiger partial charge >= 0.3 is 5.91 Å². The van der Waals surface area contributed by atoms with E-state index in [-0.39, 0.29) is 37.2 Å². The third-order valence-electron chi connectivity index (χ3n) is 6.99. The molecule has 1 N–H and O–H groups in total. The van der Waals surface area contributed by atoms with Crippen LogP contribution in [0.5, 0.6) is 0 Å². The molecule has 10 nitrogen and oxygen atoms in total. The first-order valence-corrected chi connectivity index (χ1v) is 15.1. The Morgan fingerprint density at radius 1 is 1.00 bits per heavy atom. The van der Waals surface area contributed by atoms with E-state index in [2.05, 4.69) is 4.98 Å². The summed E-state index contributed by atoms with van der Waals surface area (Å²) in [6.45, 7) is 5.94. The molecule has 2 heterocycles. The number of nitro benzene ring substituents is 1. The van der Waals surface area contributed by atoms with Crippen LogP contribution < -0.4 is 4.90 Å². The average Bonchev–Trinajstić information content (AvgIpc) is 3.56. The van der Waals surface area contributed by atoms with E-state index in [1.165, 1.54) is 0 Å². The van der Waals surface area contributed by atoms with Crippen LogP contribution in [0.1, 0.15) is 48.1 Å². The highest BCUT2D eigenvalue weighted by molar-refractivity contribution is 7.93. The monoisotopic (exact) mass is 603 g/mol. The van der Waals surface area contributed by atoms with Crippen molar-refractivity contribution in [1.29, 1.82) is 0 Å². The maximum atomic E-state index is 13.5. The molecule has 1 aromatic heterocycles. The van der Waals surface area contributed by atoms with Crippen LogP contribution in [0.15, 0.2) is 93.7 Å². The summed E-state index contributed by atoms with van der Waals surface area (Å²) in [7, 11) is -4.15. The number of ketones is 1. The quantitative estimate of drug-likeness (QED) is 0.0897. The molecule has 1 amide bonds. The van der Waals surface area contributed by atoms with Crippen LogP contribution in [0, 0.1) is 17.0 Å². The number of carbonyl (C=O) groups is 2. The average molecular weight is 604 g/mol. The first-order chi connectivity index (χ1) is 19.9. The van der Waals surface area contributed by atoms with E-state index in [1.54, 1.807) is 36.4 Å². The fraction of sp³-hybridized carbons (Fsp3) is 0.167. The minimum absolute atomic E-state index is 0.0570. The van der Waals surface area contributed by atoms with Gasteiger partial charge in [-0.1, -0.05) is 79.3 Å². The van der Waals surface area contributed by atoms with E-state index >= 15 is 0 Å². The Morgan fingerprint density at radius 2 is 1.62 bits per heavy atom. The summed E-state index contributed by atoms with van der Waals surface area (Å²) in [5.41, 5.74) is 2.44. The summed E-state index contributed by atoms with van der Waals surface area (Å²) < 4.78 is 26.4. The minimum Gasteiger partial charge on any atom is -0.507 e. The Balaban J connectivity index is 1.62. The molecule has 12 heteroatoms. The molecule has 3 aromatic carbocycles. The second-order valence-corrected chi connectivity index (χ2v) is 13.3. The number of aromatic nitrogens is 1. The SMILES string of the molecule is Cc1ccc(/C(O)=C2\C(=O)C(=O)N(c3ncc(S(=O)(=O)c4ccc([N+](=O)[O-])cc4)s3)[C@H]2c2ccc(C(C)C)cc2)cc1. The molecule has 42 heavy (non-hydrogen) atoms. The second-order valence-electron chi connectivity index (χ2n) is 10.1. The van der Waals surface area contributed by atoms with Gasteiger partial charge in [0.15, 0.2) is 5.13 Å². The zero-order chi connectivity index (χ0) is 30.3. The van der Waals surface area contributed by atoms with Crippen LogP contribution in [-0.2, 0) is 19.4 Å². The number of hydrogen-bond donors (Lipinski definition) is 1. The lowest BCUT2D eigenvalue weighted by atomic mass is 9.93. The Labute approximate surface area is 245 Å². The van der Waals surface area contributed by atoms with E-state index in [1.807, 2.05) is 32.9 Å². The number of aryl methyl sites for hydroxylation is 1. The fourth-order valence-electron chi connectivity index (χ4n) is 4.62. The van der Waals surface area contributed by atoms with Gasteiger partial charge in [-0.15, -0.1) is 0 Å². The van der Waals surface area contributed by atoms with Gasteiger partial charge in [0.2, 0.25) is 9.84 Å². The largest absolute Gasteiger partial charge is 0.507 e. The number of benzene rings is 3.